The summed E-state index contributed by atoms with van der Waals surface area (Å²) in [7, 11) is 0. The summed E-state index contributed by atoms with van der Waals surface area (Å²) in [4.78, 5) is 11.7. The van der Waals surface area contributed by atoms with Gasteiger partial charge >= 0.3 is 0 Å². The molecule has 1 aliphatic carbocycles. The van der Waals surface area contributed by atoms with Gasteiger partial charge in [0.1, 0.15) is 5.78 Å². The van der Waals surface area contributed by atoms with Gasteiger partial charge in [-0.1, -0.05) is 43.6 Å². The topological polar surface area (TPSA) is 17.1 Å². The second kappa shape index (κ2) is 3.64. The van der Waals surface area contributed by atoms with Crippen molar-refractivity contribution in [1.29, 1.82) is 0 Å². The summed E-state index contributed by atoms with van der Waals surface area (Å²) in [6.45, 7) is 4.04. The number of benzene rings is 1. The summed E-state index contributed by atoms with van der Waals surface area (Å²) in [5.74, 6) is 0.661. The van der Waals surface area contributed by atoms with E-state index in [1.54, 1.807) is 0 Å². The van der Waals surface area contributed by atoms with Crippen LogP contribution in [0.1, 0.15) is 38.2 Å². The van der Waals surface area contributed by atoms with Crippen LogP contribution < -0.4 is 0 Å². The first-order valence-corrected chi connectivity index (χ1v) is 5.66. The van der Waals surface area contributed by atoms with E-state index in [1.807, 2.05) is 38.1 Å². The predicted octanol–water partition coefficient (Wildman–Crippen LogP) is 3.81. The van der Waals surface area contributed by atoms with Crippen molar-refractivity contribution in [3.05, 3.63) is 34.9 Å². The molecule has 1 aliphatic rings. The Bertz CT molecular complexity index is 395. The summed E-state index contributed by atoms with van der Waals surface area (Å²) in [6.07, 6.45) is 1.55. The SMILES string of the molecule is CC1(C)C[C@H](c2ccccc2Cl)CC1=O. The van der Waals surface area contributed by atoms with Crippen LogP contribution in [0.4, 0.5) is 0 Å². The number of hydrogen-bond donors (Lipinski definition) is 0. The summed E-state index contributed by atoms with van der Waals surface area (Å²) < 4.78 is 0. The molecule has 2 rings (SSSR count). The Morgan fingerprint density at radius 2 is 2.00 bits per heavy atom. The maximum absolute atomic E-state index is 11.7. The van der Waals surface area contributed by atoms with E-state index < -0.39 is 0 Å². The lowest BCUT2D eigenvalue weighted by molar-refractivity contribution is -0.124. The standard InChI is InChI=1S/C13H15ClO/c1-13(2)8-9(7-12(13)15)10-5-3-4-6-11(10)14/h3-6,9H,7-8H2,1-2H3/t9-/m1/s1. The van der Waals surface area contributed by atoms with E-state index in [2.05, 4.69) is 0 Å². The van der Waals surface area contributed by atoms with Crippen LogP contribution in [0, 0.1) is 5.41 Å². The molecule has 1 aromatic carbocycles. The van der Waals surface area contributed by atoms with Crippen molar-refractivity contribution < 1.29 is 4.79 Å². The van der Waals surface area contributed by atoms with Gasteiger partial charge in [-0.25, -0.2) is 0 Å². The second-order valence-electron chi connectivity index (χ2n) is 4.93. The number of halogens is 1. The van der Waals surface area contributed by atoms with Crippen molar-refractivity contribution in [1.82, 2.24) is 0 Å². The number of hydrogen-bond acceptors (Lipinski definition) is 1. The molecule has 0 bridgehead atoms. The molecule has 1 saturated carbocycles. The van der Waals surface area contributed by atoms with Crippen LogP contribution in [0.25, 0.3) is 0 Å². The van der Waals surface area contributed by atoms with Crippen molar-refractivity contribution in [3.8, 4) is 0 Å². The Hall–Kier alpha value is -0.820. The van der Waals surface area contributed by atoms with Crippen molar-refractivity contribution >= 4 is 17.4 Å². The number of Topliss-reactive ketones (excluding diaryl/α,β-unsaturated/α-hetero) is 1. The zero-order valence-electron chi connectivity index (χ0n) is 9.09. The van der Waals surface area contributed by atoms with E-state index in [-0.39, 0.29) is 5.41 Å². The molecule has 1 nitrogen and oxygen atoms in total. The highest BCUT2D eigenvalue weighted by molar-refractivity contribution is 6.31. The summed E-state index contributed by atoms with van der Waals surface area (Å²) in [6, 6.07) is 7.83. The molecule has 1 fully saturated rings. The quantitative estimate of drug-likeness (QED) is 0.706. The van der Waals surface area contributed by atoms with Crippen LogP contribution in [0.5, 0.6) is 0 Å². The van der Waals surface area contributed by atoms with Gasteiger partial charge in [-0.3, -0.25) is 4.79 Å². The van der Waals surface area contributed by atoms with Gasteiger partial charge in [0.15, 0.2) is 0 Å². The van der Waals surface area contributed by atoms with E-state index >= 15 is 0 Å². The number of carbonyl (C=O) groups excluding carboxylic acids is 1. The van der Waals surface area contributed by atoms with E-state index in [1.165, 1.54) is 0 Å². The van der Waals surface area contributed by atoms with Gasteiger partial charge in [0.2, 0.25) is 0 Å². The predicted molar refractivity (Wildman–Crippen MR) is 62.2 cm³/mol. The molecule has 80 valence electrons. The van der Waals surface area contributed by atoms with Crippen LogP contribution >= 0.6 is 11.6 Å². The third kappa shape index (κ3) is 1.93. The molecule has 0 unspecified atom stereocenters. The highest BCUT2D eigenvalue weighted by atomic mass is 35.5. The molecule has 0 N–H and O–H groups in total. The van der Waals surface area contributed by atoms with Crippen LogP contribution in [0.3, 0.4) is 0 Å². The fourth-order valence-electron chi connectivity index (χ4n) is 2.33. The smallest absolute Gasteiger partial charge is 0.139 e. The molecule has 0 heterocycles. The molecular formula is C13H15ClO. The van der Waals surface area contributed by atoms with E-state index in [4.69, 9.17) is 11.6 Å². The van der Waals surface area contributed by atoms with Crippen molar-refractivity contribution in [2.75, 3.05) is 0 Å². The normalized spacial score (nSPS) is 24.5. The minimum Gasteiger partial charge on any atom is -0.299 e. The van der Waals surface area contributed by atoms with Crippen molar-refractivity contribution in [2.45, 2.75) is 32.6 Å². The minimum atomic E-state index is -0.177. The molecular weight excluding hydrogens is 208 g/mol. The summed E-state index contributed by atoms with van der Waals surface area (Å²) >= 11 is 6.13. The Morgan fingerprint density at radius 1 is 1.33 bits per heavy atom. The van der Waals surface area contributed by atoms with Gasteiger partial charge in [0, 0.05) is 16.9 Å². The van der Waals surface area contributed by atoms with Crippen LogP contribution in [-0.4, -0.2) is 5.78 Å². The summed E-state index contributed by atoms with van der Waals surface area (Å²) in [5, 5.41) is 0.785. The third-order valence-corrected chi connectivity index (χ3v) is 3.63. The molecule has 2 heteroatoms. The lowest BCUT2D eigenvalue weighted by Gasteiger charge is -2.16. The van der Waals surface area contributed by atoms with Gasteiger partial charge in [-0.15, -0.1) is 0 Å². The maximum Gasteiger partial charge on any atom is 0.139 e. The average Bonchev–Trinajstić information content (AvgIpc) is 2.42. The monoisotopic (exact) mass is 222 g/mol. The van der Waals surface area contributed by atoms with E-state index in [0.29, 0.717) is 18.1 Å². The van der Waals surface area contributed by atoms with Crippen LogP contribution in [0.2, 0.25) is 5.02 Å². The Balaban J connectivity index is 2.29. The highest BCUT2D eigenvalue weighted by Crippen LogP contribution is 2.44. The zero-order chi connectivity index (χ0) is 11.1. The number of ketones is 1. The highest BCUT2D eigenvalue weighted by Gasteiger charge is 2.39. The van der Waals surface area contributed by atoms with Gasteiger partial charge in [0.05, 0.1) is 0 Å². The molecule has 0 saturated heterocycles. The third-order valence-electron chi connectivity index (χ3n) is 3.29. The Morgan fingerprint density at radius 3 is 2.53 bits per heavy atom. The molecule has 0 radical (unpaired) electrons. The van der Waals surface area contributed by atoms with E-state index in [9.17, 15) is 4.79 Å². The first-order valence-electron chi connectivity index (χ1n) is 5.28. The fourth-order valence-corrected chi connectivity index (χ4v) is 2.62. The fraction of sp³-hybridized carbons (Fsp3) is 0.462. The molecule has 0 amide bonds. The van der Waals surface area contributed by atoms with E-state index in [0.717, 1.165) is 17.0 Å². The number of carbonyl (C=O) groups is 1. The van der Waals surface area contributed by atoms with Gasteiger partial charge in [-0.2, -0.15) is 0 Å². The largest absolute Gasteiger partial charge is 0.299 e. The molecule has 0 spiro atoms. The first kappa shape index (κ1) is 10.7. The number of rotatable bonds is 1. The second-order valence-corrected chi connectivity index (χ2v) is 5.34. The zero-order valence-corrected chi connectivity index (χ0v) is 9.84. The molecule has 0 aliphatic heterocycles. The molecule has 15 heavy (non-hydrogen) atoms. The minimum absolute atomic E-state index is 0.177. The maximum atomic E-state index is 11.7. The molecule has 1 aromatic rings. The lowest BCUT2D eigenvalue weighted by atomic mass is 9.88. The summed E-state index contributed by atoms with van der Waals surface area (Å²) in [5.41, 5.74) is 0.946. The van der Waals surface area contributed by atoms with Crippen LogP contribution in [0.15, 0.2) is 24.3 Å². The Labute approximate surface area is 95.4 Å². The van der Waals surface area contributed by atoms with Crippen molar-refractivity contribution in [2.24, 2.45) is 5.41 Å². The van der Waals surface area contributed by atoms with Gasteiger partial charge < -0.3 is 0 Å². The first-order chi connectivity index (χ1) is 7.00. The molecule has 0 aromatic heterocycles. The average molecular weight is 223 g/mol. The van der Waals surface area contributed by atoms with Gasteiger partial charge in [0.25, 0.3) is 0 Å². The van der Waals surface area contributed by atoms with Crippen molar-refractivity contribution in [3.63, 3.8) is 0 Å². The lowest BCUT2D eigenvalue weighted by Crippen LogP contribution is -2.15. The van der Waals surface area contributed by atoms with Crippen LogP contribution in [-0.2, 0) is 4.79 Å². The Kier molecular flexibility index (Phi) is 2.59. The van der Waals surface area contributed by atoms with Gasteiger partial charge in [-0.05, 0) is 24.0 Å². The molecule has 1 atom stereocenters.